The molecule has 0 radical (unpaired) electrons. The predicted octanol–water partition coefficient (Wildman–Crippen LogP) is 6.19. The van der Waals surface area contributed by atoms with Gasteiger partial charge in [0.25, 0.3) is 0 Å². The minimum atomic E-state index is 0.592. The molecular weight excluding hydrogens is 390 g/mol. The highest BCUT2D eigenvalue weighted by Gasteiger charge is 2.30. The molecule has 110 valence electrons. The zero-order chi connectivity index (χ0) is 15.0. The van der Waals surface area contributed by atoms with Crippen LogP contribution >= 0.6 is 31.9 Å². The van der Waals surface area contributed by atoms with Gasteiger partial charge in [0, 0.05) is 20.7 Å². The average molecular weight is 409 g/mol. The molecule has 2 aromatic rings. The molecule has 1 nitrogen and oxygen atoms in total. The van der Waals surface area contributed by atoms with Crippen molar-refractivity contribution in [2.24, 2.45) is 0 Å². The van der Waals surface area contributed by atoms with Crippen molar-refractivity contribution in [2.45, 2.75) is 38.6 Å². The van der Waals surface area contributed by atoms with Crippen molar-refractivity contribution >= 4 is 37.5 Å². The Bertz CT molecular complexity index is 637. The molecular formula is C18H19Br2N. The van der Waals surface area contributed by atoms with Gasteiger partial charge >= 0.3 is 0 Å². The standard InChI is InChI=1S/C18H19Br2N/c1-11-6-16(7-12(2)18(11)20)21-17-9-14(10-17)13-4-3-5-15(19)8-13/h3-8,14,17,21H,9-10H2,1-2H3. The lowest BCUT2D eigenvalue weighted by Crippen LogP contribution is -2.34. The Morgan fingerprint density at radius 2 is 1.67 bits per heavy atom. The normalized spacial score (nSPS) is 21.0. The van der Waals surface area contributed by atoms with E-state index in [9.17, 15) is 0 Å². The molecule has 1 aliphatic carbocycles. The maximum Gasteiger partial charge on any atom is 0.0348 e. The van der Waals surface area contributed by atoms with Crippen molar-refractivity contribution in [3.05, 3.63) is 62.0 Å². The molecule has 1 fully saturated rings. The van der Waals surface area contributed by atoms with Crippen LogP contribution in [0, 0.1) is 13.8 Å². The van der Waals surface area contributed by atoms with E-state index in [1.54, 1.807) is 0 Å². The van der Waals surface area contributed by atoms with Crippen LogP contribution in [0.1, 0.15) is 35.4 Å². The fraction of sp³-hybridized carbons (Fsp3) is 0.333. The molecule has 21 heavy (non-hydrogen) atoms. The number of halogens is 2. The first-order valence-corrected chi connectivity index (χ1v) is 8.90. The average Bonchev–Trinajstić information content (AvgIpc) is 2.39. The van der Waals surface area contributed by atoms with Gasteiger partial charge in [0.15, 0.2) is 0 Å². The Kier molecular flexibility index (Phi) is 4.41. The van der Waals surface area contributed by atoms with E-state index >= 15 is 0 Å². The van der Waals surface area contributed by atoms with Crippen LogP contribution in [0.15, 0.2) is 45.3 Å². The SMILES string of the molecule is Cc1cc(NC2CC(c3cccc(Br)c3)C2)cc(C)c1Br. The highest BCUT2D eigenvalue weighted by Crippen LogP contribution is 2.39. The van der Waals surface area contributed by atoms with Gasteiger partial charge in [-0.25, -0.2) is 0 Å². The molecule has 0 aromatic heterocycles. The molecule has 1 aliphatic rings. The summed E-state index contributed by atoms with van der Waals surface area (Å²) in [5.74, 6) is 0.692. The van der Waals surface area contributed by atoms with Crippen molar-refractivity contribution in [2.75, 3.05) is 5.32 Å². The van der Waals surface area contributed by atoms with Gasteiger partial charge in [-0.3, -0.25) is 0 Å². The molecule has 3 rings (SSSR count). The van der Waals surface area contributed by atoms with Gasteiger partial charge in [-0.05, 0) is 73.6 Å². The monoisotopic (exact) mass is 407 g/mol. The summed E-state index contributed by atoms with van der Waals surface area (Å²) in [5.41, 5.74) is 5.28. The van der Waals surface area contributed by atoms with Crippen molar-refractivity contribution in [1.29, 1.82) is 0 Å². The number of hydrogen-bond donors (Lipinski definition) is 1. The van der Waals surface area contributed by atoms with E-state index < -0.39 is 0 Å². The summed E-state index contributed by atoms with van der Waals surface area (Å²) in [6.07, 6.45) is 2.43. The molecule has 2 aromatic carbocycles. The lowest BCUT2D eigenvalue weighted by molar-refractivity contribution is 0.374. The first-order valence-electron chi connectivity index (χ1n) is 7.31. The molecule has 0 bridgehead atoms. The maximum atomic E-state index is 3.67. The molecule has 3 heteroatoms. The Morgan fingerprint density at radius 1 is 1.00 bits per heavy atom. The van der Waals surface area contributed by atoms with Crippen molar-refractivity contribution < 1.29 is 0 Å². The van der Waals surface area contributed by atoms with E-state index in [2.05, 4.69) is 87.4 Å². The van der Waals surface area contributed by atoms with Gasteiger partial charge in [-0.2, -0.15) is 0 Å². The van der Waals surface area contributed by atoms with Crippen LogP contribution in [0.5, 0.6) is 0 Å². The summed E-state index contributed by atoms with van der Waals surface area (Å²) < 4.78 is 2.39. The number of anilines is 1. The Balaban J connectivity index is 1.62. The van der Waals surface area contributed by atoms with Crippen LogP contribution in [-0.2, 0) is 0 Å². The first kappa shape index (κ1) is 15.1. The minimum absolute atomic E-state index is 0.592. The molecule has 0 atom stereocenters. The zero-order valence-electron chi connectivity index (χ0n) is 12.3. The summed E-state index contributed by atoms with van der Waals surface area (Å²) in [6, 6.07) is 13.7. The van der Waals surface area contributed by atoms with Crippen molar-refractivity contribution in [1.82, 2.24) is 0 Å². The van der Waals surface area contributed by atoms with Crippen LogP contribution in [0.2, 0.25) is 0 Å². The number of benzene rings is 2. The Morgan fingerprint density at radius 3 is 2.29 bits per heavy atom. The molecule has 0 spiro atoms. The quantitative estimate of drug-likeness (QED) is 0.638. The minimum Gasteiger partial charge on any atom is -0.382 e. The first-order chi connectivity index (χ1) is 10.0. The lowest BCUT2D eigenvalue weighted by atomic mass is 9.76. The molecule has 0 saturated heterocycles. The zero-order valence-corrected chi connectivity index (χ0v) is 15.5. The fourth-order valence-corrected chi connectivity index (χ4v) is 3.68. The van der Waals surface area contributed by atoms with Crippen LogP contribution in [0.3, 0.4) is 0 Å². The van der Waals surface area contributed by atoms with E-state index in [-0.39, 0.29) is 0 Å². The van der Waals surface area contributed by atoms with E-state index in [4.69, 9.17) is 0 Å². The van der Waals surface area contributed by atoms with E-state index in [0.29, 0.717) is 12.0 Å². The highest BCUT2D eigenvalue weighted by molar-refractivity contribution is 9.10. The fourth-order valence-electron chi connectivity index (χ4n) is 3.03. The second-order valence-electron chi connectivity index (χ2n) is 5.99. The van der Waals surface area contributed by atoms with E-state index in [0.717, 1.165) is 0 Å². The van der Waals surface area contributed by atoms with Gasteiger partial charge in [-0.1, -0.05) is 44.0 Å². The summed E-state index contributed by atoms with van der Waals surface area (Å²) in [6.45, 7) is 4.29. The van der Waals surface area contributed by atoms with Crippen LogP contribution < -0.4 is 5.32 Å². The second kappa shape index (κ2) is 6.13. The summed E-state index contributed by atoms with van der Waals surface area (Å²) >= 11 is 7.18. The Hall–Kier alpha value is -0.800. The van der Waals surface area contributed by atoms with Crippen LogP contribution in [0.4, 0.5) is 5.69 Å². The van der Waals surface area contributed by atoms with Gasteiger partial charge in [0.1, 0.15) is 0 Å². The highest BCUT2D eigenvalue weighted by atomic mass is 79.9. The van der Waals surface area contributed by atoms with E-state index in [1.807, 2.05) is 0 Å². The van der Waals surface area contributed by atoms with Gasteiger partial charge in [0.05, 0.1) is 0 Å². The predicted molar refractivity (Wildman–Crippen MR) is 97.1 cm³/mol. The third-order valence-electron chi connectivity index (χ3n) is 4.27. The summed E-state index contributed by atoms with van der Waals surface area (Å²) in [5, 5.41) is 3.67. The molecule has 1 N–H and O–H groups in total. The third-order valence-corrected chi connectivity index (χ3v) is 6.01. The number of rotatable bonds is 3. The number of hydrogen-bond acceptors (Lipinski definition) is 1. The lowest BCUT2D eigenvalue weighted by Gasteiger charge is -2.37. The molecule has 0 unspecified atom stereocenters. The summed E-state index contributed by atoms with van der Waals surface area (Å²) in [7, 11) is 0. The van der Waals surface area contributed by atoms with Crippen molar-refractivity contribution in [3.63, 3.8) is 0 Å². The molecule has 1 saturated carbocycles. The topological polar surface area (TPSA) is 12.0 Å². The van der Waals surface area contributed by atoms with E-state index in [1.165, 1.54) is 44.2 Å². The Labute approximate surface area is 143 Å². The number of aryl methyl sites for hydroxylation is 2. The van der Waals surface area contributed by atoms with Crippen LogP contribution in [-0.4, -0.2) is 6.04 Å². The largest absolute Gasteiger partial charge is 0.382 e. The second-order valence-corrected chi connectivity index (χ2v) is 7.70. The molecule has 0 amide bonds. The van der Waals surface area contributed by atoms with Crippen molar-refractivity contribution in [3.8, 4) is 0 Å². The maximum absolute atomic E-state index is 3.67. The molecule has 0 heterocycles. The van der Waals surface area contributed by atoms with Gasteiger partial charge in [0.2, 0.25) is 0 Å². The van der Waals surface area contributed by atoms with Crippen LogP contribution in [0.25, 0.3) is 0 Å². The van der Waals surface area contributed by atoms with Gasteiger partial charge in [-0.15, -0.1) is 0 Å². The third kappa shape index (κ3) is 3.35. The molecule has 0 aliphatic heterocycles. The smallest absolute Gasteiger partial charge is 0.0348 e. The van der Waals surface area contributed by atoms with Gasteiger partial charge < -0.3 is 5.32 Å². The number of nitrogens with one attached hydrogen (secondary N) is 1. The summed E-state index contributed by atoms with van der Waals surface area (Å²) in [4.78, 5) is 0.